The molecule has 0 N–H and O–H groups in total. The number of hydrogen-bond donors (Lipinski definition) is 0. The summed E-state index contributed by atoms with van der Waals surface area (Å²) in [6.07, 6.45) is 2.66. The molecular weight excluding hydrogens is 420 g/mol. The highest BCUT2D eigenvalue weighted by molar-refractivity contribution is 6.11. The van der Waals surface area contributed by atoms with Crippen LogP contribution in [0.2, 0.25) is 0 Å². The van der Waals surface area contributed by atoms with Crippen LogP contribution in [0.3, 0.4) is 0 Å². The van der Waals surface area contributed by atoms with Crippen molar-refractivity contribution in [2.24, 2.45) is 0 Å². The highest BCUT2D eigenvalue weighted by atomic mass is 16.5. The van der Waals surface area contributed by atoms with Crippen molar-refractivity contribution in [3.8, 4) is 0 Å². The molecule has 0 fully saturated rings. The summed E-state index contributed by atoms with van der Waals surface area (Å²) in [6, 6.07) is 39.9. The zero-order chi connectivity index (χ0) is 23.6. The van der Waals surface area contributed by atoms with Crippen LogP contribution >= 0.6 is 0 Å². The molecule has 0 amide bonds. The first-order chi connectivity index (χ1) is 16.7. The molecule has 0 aliphatic rings. The molecule has 0 unspecified atom stereocenters. The van der Waals surface area contributed by atoms with E-state index in [1.54, 1.807) is 0 Å². The molecular formula is C30H28N2O2. The van der Waals surface area contributed by atoms with Crippen LogP contribution in [0, 0.1) is 10.4 Å². The molecule has 4 heteroatoms. The maximum absolute atomic E-state index is 12.8. The van der Waals surface area contributed by atoms with E-state index in [1.165, 1.54) is 12.4 Å². The Morgan fingerprint density at radius 1 is 0.441 bits per heavy atom. The average molecular weight is 449 g/mol. The molecule has 4 aromatic carbocycles. The molecule has 0 aromatic heterocycles. The molecule has 0 bridgehead atoms. The largest absolute Gasteiger partial charge is 0.624 e. The monoisotopic (exact) mass is 448 g/mol. The van der Waals surface area contributed by atoms with Gasteiger partial charge in [0.2, 0.25) is 12.4 Å². The van der Waals surface area contributed by atoms with Gasteiger partial charge in [0.25, 0.3) is 0 Å². The molecule has 34 heavy (non-hydrogen) atoms. The molecule has 0 aliphatic heterocycles. The first kappa shape index (κ1) is 23.0. The van der Waals surface area contributed by atoms with Gasteiger partial charge in [-0.15, -0.1) is 0 Å². The normalized spacial score (nSPS) is 12.3. The van der Waals surface area contributed by atoms with E-state index in [-0.39, 0.29) is 24.9 Å². The van der Waals surface area contributed by atoms with Crippen molar-refractivity contribution in [1.29, 1.82) is 0 Å². The third-order valence-electron chi connectivity index (χ3n) is 5.93. The minimum Gasteiger partial charge on any atom is -0.624 e. The van der Waals surface area contributed by atoms with Gasteiger partial charge in [-0.05, 0) is 22.3 Å². The molecule has 0 atom stereocenters. The molecule has 0 aliphatic carbocycles. The third kappa shape index (κ3) is 6.20. The van der Waals surface area contributed by atoms with Crippen LogP contribution in [0.4, 0.5) is 0 Å². The van der Waals surface area contributed by atoms with Crippen LogP contribution in [-0.2, 0) is 0 Å². The van der Waals surface area contributed by atoms with E-state index in [0.717, 1.165) is 31.7 Å². The fourth-order valence-corrected chi connectivity index (χ4v) is 4.18. The number of rotatable bonds is 9. The zero-order valence-electron chi connectivity index (χ0n) is 19.0. The lowest BCUT2D eigenvalue weighted by molar-refractivity contribution is -0.467. The molecule has 0 saturated carbocycles. The van der Waals surface area contributed by atoms with Crippen LogP contribution in [-0.4, -0.2) is 35.0 Å². The summed E-state index contributed by atoms with van der Waals surface area (Å²) in [7, 11) is 0. The zero-order valence-corrected chi connectivity index (χ0v) is 19.0. The second kappa shape index (κ2) is 11.6. The predicted molar refractivity (Wildman–Crippen MR) is 139 cm³/mol. The van der Waals surface area contributed by atoms with E-state index >= 15 is 0 Å². The Labute approximate surface area is 200 Å². The van der Waals surface area contributed by atoms with Crippen molar-refractivity contribution in [1.82, 2.24) is 0 Å². The minimum atomic E-state index is -0.0916. The van der Waals surface area contributed by atoms with Crippen molar-refractivity contribution >= 4 is 12.4 Å². The Balaban J connectivity index is 1.53. The van der Waals surface area contributed by atoms with E-state index in [9.17, 15) is 10.4 Å². The molecule has 170 valence electrons. The summed E-state index contributed by atoms with van der Waals surface area (Å²) in [4.78, 5) is 0. The molecule has 4 nitrogen and oxygen atoms in total. The van der Waals surface area contributed by atoms with Gasteiger partial charge in [0.05, 0.1) is 11.8 Å². The number of nitrogens with zero attached hydrogens (tertiary/aromatic N) is 2. The molecule has 0 heterocycles. The summed E-state index contributed by atoms with van der Waals surface area (Å²) < 4.78 is 1.69. The Morgan fingerprint density at radius 3 is 0.912 bits per heavy atom. The molecule has 0 radical (unpaired) electrons. The van der Waals surface area contributed by atoms with Gasteiger partial charge in [-0.1, -0.05) is 121 Å². The quantitative estimate of drug-likeness (QED) is 0.140. The van der Waals surface area contributed by atoms with Crippen molar-refractivity contribution in [3.63, 3.8) is 0 Å². The molecule has 0 saturated heterocycles. The Morgan fingerprint density at radius 2 is 0.676 bits per heavy atom. The second-order valence-corrected chi connectivity index (χ2v) is 8.25. The molecule has 4 aromatic rings. The van der Waals surface area contributed by atoms with Gasteiger partial charge in [-0.2, -0.15) is 0 Å². The van der Waals surface area contributed by atoms with Gasteiger partial charge in [-0.25, -0.2) is 9.48 Å². The van der Waals surface area contributed by atoms with Gasteiger partial charge < -0.3 is 10.4 Å². The van der Waals surface area contributed by atoms with Crippen molar-refractivity contribution in [2.75, 3.05) is 13.1 Å². The fourth-order valence-electron chi connectivity index (χ4n) is 4.18. The standard InChI is InChI=1S/C30H28N2O2/c33-31(23-29(25-13-5-1-6-14-25)26-15-7-2-8-16-26)21-22-32(34)24-30(27-17-9-3-10-18-27)28-19-11-4-12-20-28/h1-22,29-30H,23-24H2/b31-21-,32-22-. The number of hydrogen-bond acceptors (Lipinski definition) is 2. The van der Waals surface area contributed by atoms with Crippen molar-refractivity contribution in [2.45, 2.75) is 11.8 Å². The van der Waals surface area contributed by atoms with Gasteiger partial charge in [0.15, 0.2) is 13.1 Å². The number of benzene rings is 4. The van der Waals surface area contributed by atoms with Gasteiger partial charge in [0.1, 0.15) is 0 Å². The van der Waals surface area contributed by atoms with Gasteiger partial charge in [0, 0.05) is 0 Å². The Hall–Kier alpha value is -4.18. The molecule has 0 spiro atoms. The lowest BCUT2D eigenvalue weighted by Crippen LogP contribution is -2.21. The van der Waals surface area contributed by atoms with E-state index in [4.69, 9.17) is 0 Å². The average Bonchev–Trinajstić information content (AvgIpc) is 2.91. The first-order valence-electron chi connectivity index (χ1n) is 11.5. The van der Waals surface area contributed by atoms with Crippen LogP contribution in [0.5, 0.6) is 0 Å². The summed E-state index contributed by atoms with van der Waals surface area (Å²) in [5.41, 5.74) is 4.26. The van der Waals surface area contributed by atoms with Crippen LogP contribution < -0.4 is 0 Å². The van der Waals surface area contributed by atoms with E-state index in [2.05, 4.69) is 0 Å². The summed E-state index contributed by atoms with van der Waals surface area (Å²) in [5.74, 6) is -0.183. The summed E-state index contributed by atoms with van der Waals surface area (Å²) >= 11 is 0. The fraction of sp³-hybridized carbons (Fsp3) is 0.133. The van der Waals surface area contributed by atoms with Gasteiger partial charge in [-0.3, -0.25) is 0 Å². The Kier molecular flexibility index (Phi) is 7.86. The first-order valence-corrected chi connectivity index (χ1v) is 11.5. The molecule has 4 rings (SSSR count). The van der Waals surface area contributed by atoms with E-state index in [0.29, 0.717) is 0 Å². The van der Waals surface area contributed by atoms with E-state index < -0.39 is 0 Å². The van der Waals surface area contributed by atoms with Gasteiger partial charge >= 0.3 is 0 Å². The third-order valence-corrected chi connectivity index (χ3v) is 5.93. The van der Waals surface area contributed by atoms with Crippen LogP contribution in [0.15, 0.2) is 121 Å². The maximum atomic E-state index is 12.8. The maximum Gasteiger partial charge on any atom is 0.239 e. The topological polar surface area (TPSA) is 52.1 Å². The summed E-state index contributed by atoms with van der Waals surface area (Å²) in [6.45, 7) is 0.443. The van der Waals surface area contributed by atoms with Crippen molar-refractivity contribution in [3.05, 3.63) is 154 Å². The van der Waals surface area contributed by atoms with Crippen LogP contribution in [0.1, 0.15) is 34.1 Å². The number of hydroxylamine groups is 2. The lowest BCUT2D eigenvalue weighted by Gasteiger charge is -2.18. The lowest BCUT2D eigenvalue weighted by atomic mass is 9.91. The predicted octanol–water partition coefficient (Wildman–Crippen LogP) is 5.81. The smallest absolute Gasteiger partial charge is 0.239 e. The highest BCUT2D eigenvalue weighted by Gasteiger charge is 2.19. The SMILES string of the molecule is [O-]/[N+](=C\C=[N+](/[O-])CC(c1ccccc1)c1ccccc1)CC(c1ccccc1)c1ccccc1. The van der Waals surface area contributed by atoms with Crippen molar-refractivity contribution < 1.29 is 9.48 Å². The highest BCUT2D eigenvalue weighted by Crippen LogP contribution is 2.25. The van der Waals surface area contributed by atoms with E-state index in [1.807, 2.05) is 121 Å². The van der Waals surface area contributed by atoms with Crippen LogP contribution in [0.25, 0.3) is 0 Å². The summed E-state index contributed by atoms with van der Waals surface area (Å²) in [5, 5.41) is 25.6. The minimum absolute atomic E-state index is 0.0916. The second-order valence-electron chi connectivity index (χ2n) is 8.25. The Bertz CT molecular complexity index is 1030.